The maximum Gasteiger partial charge on any atom is 0.416 e. The normalized spacial score (nSPS) is 15.9. The standard InChI is InChI=1S/C20H22F3N3O2/c1-13-11-17(27)18(19(28)24-15-8-4-2-3-5-9-15)25-26(13)16-10-6-7-14(12-16)20(21,22)23/h6-7,10-12,15H,2-5,8-9H2,1H3,(H,24,28). The predicted octanol–water partition coefficient (Wildman–Crippen LogP) is 4.01. The third-order valence-electron chi connectivity index (χ3n) is 4.93. The number of aryl methyl sites for hydroxylation is 1. The molecule has 5 nitrogen and oxygen atoms in total. The molecule has 1 aromatic heterocycles. The molecule has 1 N–H and O–H groups in total. The van der Waals surface area contributed by atoms with E-state index in [1.165, 1.54) is 22.9 Å². The SMILES string of the molecule is Cc1cc(=O)c(C(=O)NC2CCCCCC2)nn1-c1cccc(C(F)(F)F)c1. The summed E-state index contributed by atoms with van der Waals surface area (Å²) in [5.41, 5.74) is -1.21. The number of rotatable bonds is 3. The van der Waals surface area contributed by atoms with Crippen molar-refractivity contribution in [3.05, 3.63) is 57.5 Å². The van der Waals surface area contributed by atoms with Crippen LogP contribution in [0, 0.1) is 6.92 Å². The second-order valence-electron chi connectivity index (χ2n) is 7.12. The second-order valence-corrected chi connectivity index (χ2v) is 7.12. The Bertz CT molecular complexity index is 914. The molecule has 0 spiro atoms. The molecule has 0 saturated heterocycles. The molecule has 8 heteroatoms. The van der Waals surface area contributed by atoms with Gasteiger partial charge in [-0.15, -0.1) is 0 Å². The number of carbonyl (C=O) groups excluding carboxylic acids is 1. The molecule has 28 heavy (non-hydrogen) atoms. The van der Waals surface area contributed by atoms with E-state index in [2.05, 4.69) is 10.4 Å². The molecule has 0 unspecified atom stereocenters. The van der Waals surface area contributed by atoms with E-state index in [4.69, 9.17) is 0 Å². The third kappa shape index (κ3) is 4.61. The van der Waals surface area contributed by atoms with Crippen molar-refractivity contribution in [2.45, 2.75) is 57.7 Å². The van der Waals surface area contributed by atoms with E-state index in [1.807, 2.05) is 0 Å². The van der Waals surface area contributed by atoms with Crippen LogP contribution < -0.4 is 10.7 Å². The van der Waals surface area contributed by atoms with E-state index in [-0.39, 0.29) is 17.4 Å². The zero-order valence-corrected chi connectivity index (χ0v) is 15.6. The van der Waals surface area contributed by atoms with Crippen molar-refractivity contribution in [3.8, 4) is 5.69 Å². The minimum Gasteiger partial charge on any atom is -0.348 e. The zero-order valence-electron chi connectivity index (χ0n) is 15.6. The highest BCUT2D eigenvalue weighted by atomic mass is 19.4. The zero-order chi connectivity index (χ0) is 20.3. The summed E-state index contributed by atoms with van der Waals surface area (Å²) in [6.45, 7) is 1.56. The molecular formula is C20H22F3N3O2. The molecule has 1 aromatic carbocycles. The number of halogens is 3. The van der Waals surface area contributed by atoms with Gasteiger partial charge in [0.1, 0.15) is 0 Å². The van der Waals surface area contributed by atoms with Gasteiger partial charge in [0.2, 0.25) is 5.43 Å². The van der Waals surface area contributed by atoms with Crippen molar-refractivity contribution in [3.63, 3.8) is 0 Å². The van der Waals surface area contributed by atoms with Crippen LogP contribution in [0.5, 0.6) is 0 Å². The molecular weight excluding hydrogens is 371 g/mol. The Kier molecular flexibility index (Phi) is 5.86. The summed E-state index contributed by atoms with van der Waals surface area (Å²) in [5, 5.41) is 6.93. The number of carbonyl (C=O) groups is 1. The molecule has 0 atom stereocenters. The molecule has 150 valence electrons. The molecule has 2 aromatic rings. The maximum atomic E-state index is 13.0. The van der Waals surface area contributed by atoms with Gasteiger partial charge < -0.3 is 5.32 Å². The van der Waals surface area contributed by atoms with Crippen molar-refractivity contribution in [2.24, 2.45) is 0 Å². The number of aromatic nitrogens is 2. The van der Waals surface area contributed by atoms with Gasteiger partial charge in [-0.25, -0.2) is 4.68 Å². The molecule has 0 aliphatic heterocycles. The van der Waals surface area contributed by atoms with Crippen LogP contribution in [0.15, 0.2) is 35.1 Å². The first-order valence-corrected chi connectivity index (χ1v) is 9.35. The van der Waals surface area contributed by atoms with Gasteiger partial charge in [-0.1, -0.05) is 31.7 Å². The molecule has 1 aliphatic carbocycles. The summed E-state index contributed by atoms with van der Waals surface area (Å²) in [4.78, 5) is 24.9. The van der Waals surface area contributed by atoms with Crippen LogP contribution in [-0.4, -0.2) is 21.7 Å². The highest BCUT2D eigenvalue weighted by Gasteiger charge is 2.30. The highest BCUT2D eigenvalue weighted by Crippen LogP contribution is 2.30. The lowest BCUT2D eigenvalue weighted by Crippen LogP contribution is -2.38. The number of hydrogen-bond acceptors (Lipinski definition) is 3. The fourth-order valence-electron chi connectivity index (χ4n) is 3.46. The fourth-order valence-corrected chi connectivity index (χ4v) is 3.46. The van der Waals surface area contributed by atoms with Gasteiger partial charge >= 0.3 is 6.18 Å². The van der Waals surface area contributed by atoms with Gasteiger partial charge in [0.25, 0.3) is 5.91 Å². The van der Waals surface area contributed by atoms with E-state index >= 15 is 0 Å². The van der Waals surface area contributed by atoms with Crippen molar-refractivity contribution in [2.75, 3.05) is 0 Å². The molecule has 0 bridgehead atoms. The van der Waals surface area contributed by atoms with Gasteiger partial charge in [0.05, 0.1) is 11.3 Å². The fraction of sp³-hybridized carbons (Fsp3) is 0.450. The van der Waals surface area contributed by atoms with E-state index in [9.17, 15) is 22.8 Å². The highest BCUT2D eigenvalue weighted by molar-refractivity contribution is 5.92. The predicted molar refractivity (Wildman–Crippen MR) is 98.5 cm³/mol. The minimum absolute atomic E-state index is 0.0143. The smallest absolute Gasteiger partial charge is 0.348 e. The Morgan fingerprint density at radius 1 is 1.14 bits per heavy atom. The van der Waals surface area contributed by atoms with Crippen LogP contribution in [0.1, 0.15) is 60.3 Å². The number of nitrogens with one attached hydrogen (secondary N) is 1. The number of benzene rings is 1. The van der Waals surface area contributed by atoms with Crippen LogP contribution in [0.25, 0.3) is 5.69 Å². The topological polar surface area (TPSA) is 64.0 Å². The van der Waals surface area contributed by atoms with Crippen LogP contribution >= 0.6 is 0 Å². The lowest BCUT2D eigenvalue weighted by Gasteiger charge is -2.17. The Labute approximate surface area is 160 Å². The maximum absolute atomic E-state index is 13.0. The Balaban J connectivity index is 1.92. The summed E-state index contributed by atoms with van der Waals surface area (Å²) >= 11 is 0. The van der Waals surface area contributed by atoms with Gasteiger partial charge in [-0.3, -0.25) is 9.59 Å². The Morgan fingerprint density at radius 2 is 1.82 bits per heavy atom. The van der Waals surface area contributed by atoms with E-state index in [1.54, 1.807) is 6.92 Å². The third-order valence-corrected chi connectivity index (χ3v) is 4.93. The molecule has 1 saturated carbocycles. The van der Waals surface area contributed by atoms with Crippen molar-refractivity contribution in [1.29, 1.82) is 0 Å². The first kappa shape index (κ1) is 20.1. The molecule has 1 heterocycles. The van der Waals surface area contributed by atoms with Crippen molar-refractivity contribution < 1.29 is 18.0 Å². The van der Waals surface area contributed by atoms with Gasteiger partial charge in [0.15, 0.2) is 5.69 Å². The van der Waals surface area contributed by atoms with Crippen LogP contribution in [0.2, 0.25) is 0 Å². The van der Waals surface area contributed by atoms with E-state index in [0.717, 1.165) is 50.7 Å². The van der Waals surface area contributed by atoms with E-state index < -0.39 is 23.1 Å². The number of hydrogen-bond donors (Lipinski definition) is 1. The van der Waals surface area contributed by atoms with Gasteiger partial charge in [-0.05, 0) is 38.0 Å². The van der Waals surface area contributed by atoms with Gasteiger partial charge in [-0.2, -0.15) is 18.3 Å². The average Bonchev–Trinajstić information content (AvgIpc) is 2.90. The summed E-state index contributed by atoms with van der Waals surface area (Å²) in [5.74, 6) is -0.586. The summed E-state index contributed by atoms with van der Waals surface area (Å²) < 4.78 is 40.2. The van der Waals surface area contributed by atoms with Crippen LogP contribution in [0.3, 0.4) is 0 Å². The molecule has 1 aliphatic rings. The van der Waals surface area contributed by atoms with Crippen molar-refractivity contribution >= 4 is 5.91 Å². The number of nitrogens with zero attached hydrogens (tertiary/aromatic N) is 2. The van der Waals surface area contributed by atoms with E-state index in [0.29, 0.717) is 5.69 Å². The lowest BCUT2D eigenvalue weighted by molar-refractivity contribution is -0.137. The summed E-state index contributed by atoms with van der Waals surface area (Å²) in [7, 11) is 0. The molecule has 1 amide bonds. The first-order valence-electron chi connectivity index (χ1n) is 9.35. The molecule has 3 rings (SSSR count). The Morgan fingerprint density at radius 3 is 2.46 bits per heavy atom. The van der Waals surface area contributed by atoms with Crippen molar-refractivity contribution in [1.82, 2.24) is 15.1 Å². The average molecular weight is 393 g/mol. The minimum atomic E-state index is -4.50. The number of amides is 1. The molecule has 0 radical (unpaired) electrons. The largest absolute Gasteiger partial charge is 0.416 e. The first-order chi connectivity index (χ1) is 13.3. The number of alkyl halides is 3. The lowest BCUT2D eigenvalue weighted by atomic mass is 10.1. The summed E-state index contributed by atoms with van der Waals surface area (Å²) in [6, 6.07) is 5.82. The van der Waals surface area contributed by atoms with Gasteiger partial charge in [0, 0.05) is 17.8 Å². The molecule has 1 fully saturated rings. The quantitative estimate of drug-likeness (QED) is 0.802. The Hall–Kier alpha value is -2.64. The van der Waals surface area contributed by atoms with Crippen LogP contribution in [-0.2, 0) is 6.18 Å². The monoisotopic (exact) mass is 393 g/mol. The second kappa shape index (κ2) is 8.16. The summed E-state index contributed by atoms with van der Waals surface area (Å²) in [6.07, 6.45) is 1.47. The van der Waals surface area contributed by atoms with Crippen LogP contribution in [0.4, 0.5) is 13.2 Å².